The molecule has 2 heterocycles. The van der Waals surface area contributed by atoms with E-state index in [0.717, 1.165) is 57.8 Å². The number of carboxylic acid groups (broad SMARTS) is 1. The van der Waals surface area contributed by atoms with Crippen LogP contribution in [0.5, 0.6) is 0 Å². The average Bonchev–Trinajstić information content (AvgIpc) is 3.46. The third-order valence-corrected chi connectivity index (χ3v) is 6.98. The van der Waals surface area contributed by atoms with Gasteiger partial charge in [0.1, 0.15) is 11.5 Å². The van der Waals surface area contributed by atoms with Crippen molar-refractivity contribution in [3.63, 3.8) is 0 Å². The van der Waals surface area contributed by atoms with Gasteiger partial charge in [0.2, 0.25) is 0 Å². The molecule has 0 amide bonds. The summed E-state index contributed by atoms with van der Waals surface area (Å²) in [5.74, 6) is 0.0950. The predicted molar refractivity (Wildman–Crippen MR) is 142 cm³/mol. The smallest absolute Gasteiger partial charge is 0.306 e. The molecule has 0 spiro atoms. The number of nitrogens with one attached hydrogen (secondary N) is 1. The van der Waals surface area contributed by atoms with Crippen molar-refractivity contribution in [2.45, 2.75) is 38.5 Å². The number of hydrogen-bond donors (Lipinski definition) is 3. The van der Waals surface area contributed by atoms with E-state index in [2.05, 4.69) is 48.0 Å². The first-order chi connectivity index (χ1) is 17.0. The minimum absolute atomic E-state index is 0.165. The summed E-state index contributed by atoms with van der Waals surface area (Å²) in [6.07, 6.45) is 6.82. The van der Waals surface area contributed by atoms with Crippen molar-refractivity contribution >= 4 is 28.8 Å². The van der Waals surface area contributed by atoms with Crippen molar-refractivity contribution in [2.75, 3.05) is 0 Å². The lowest BCUT2D eigenvalue weighted by atomic mass is 9.81. The maximum absolute atomic E-state index is 11.5. The molecule has 0 radical (unpaired) electrons. The molecule has 0 atom stereocenters. The van der Waals surface area contributed by atoms with Crippen molar-refractivity contribution < 1.29 is 9.90 Å². The summed E-state index contributed by atoms with van der Waals surface area (Å²) in [6, 6.07) is 18.7. The second-order valence-corrected chi connectivity index (χ2v) is 9.25. The highest BCUT2D eigenvalue weighted by Crippen LogP contribution is 2.40. The Hall–Kier alpha value is -4.06. The van der Waals surface area contributed by atoms with Gasteiger partial charge in [-0.3, -0.25) is 4.79 Å². The summed E-state index contributed by atoms with van der Waals surface area (Å²) in [5.41, 5.74) is 12.5. The summed E-state index contributed by atoms with van der Waals surface area (Å²) in [7, 11) is 0. The average molecular weight is 467 g/mol. The molecule has 1 saturated carbocycles. The molecule has 0 bridgehead atoms. The number of carboxylic acids is 1. The van der Waals surface area contributed by atoms with Crippen LogP contribution in [0, 0.1) is 5.92 Å². The summed E-state index contributed by atoms with van der Waals surface area (Å²) in [6.45, 7) is 6.02. The molecule has 1 aliphatic carbocycles. The highest BCUT2D eigenvalue weighted by Gasteiger charge is 2.31. The maximum atomic E-state index is 11.5. The first-order valence-corrected chi connectivity index (χ1v) is 12.1. The number of nitrogens with two attached hydrogens (primary N) is 1. The molecule has 6 heteroatoms. The van der Waals surface area contributed by atoms with Crippen molar-refractivity contribution in [1.29, 1.82) is 0 Å². The Morgan fingerprint density at radius 3 is 2.54 bits per heavy atom. The van der Waals surface area contributed by atoms with Crippen molar-refractivity contribution in [2.24, 2.45) is 11.7 Å². The molecule has 6 nitrogen and oxygen atoms in total. The van der Waals surface area contributed by atoms with E-state index in [1.807, 2.05) is 42.0 Å². The number of benzene rings is 2. The lowest BCUT2D eigenvalue weighted by Crippen LogP contribution is -2.22. The molecule has 0 aliphatic heterocycles. The molecule has 178 valence electrons. The number of rotatable bonds is 6. The minimum atomic E-state index is -0.704. The fourth-order valence-electron chi connectivity index (χ4n) is 5.27. The van der Waals surface area contributed by atoms with Crippen LogP contribution in [0.1, 0.15) is 50.0 Å². The van der Waals surface area contributed by atoms with Crippen LogP contribution in [0.25, 0.3) is 45.3 Å². The number of aromatic nitrogens is 3. The number of nitrogens with zero attached hydrogens (tertiary/aromatic N) is 2. The van der Waals surface area contributed by atoms with E-state index in [1.165, 1.54) is 0 Å². The zero-order chi connectivity index (χ0) is 24.5. The fourth-order valence-corrected chi connectivity index (χ4v) is 5.27. The van der Waals surface area contributed by atoms with Gasteiger partial charge in [-0.25, -0.2) is 4.98 Å². The van der Waals surface area contributed by atoms with Crippen LogP contribution in [0.3, 0.4) is 0 Å². The van der Waals surface area contributed by atoms with E-state index in [1.54, 1.807) is 0 Å². The van der Waals surface area contributed by atoms with Crippen LogP contribution < -0.4 is 5.73 Å². The van der Waals surface area contributed by atoms with Crippen LogP contribution in [-0.4, -0.2) is 25.6 Å². The van der Waals surface area contributed by atoms with Crippen molar-refractivity contribution in [1.82, 2.24) is 14.5 Å². The van der Waals surface area contributed by atoms with E-state index >= 15 is 0 Å². The van der Waals surface area contributed by atoms with E-state index < -0.39 is 5.97 Å². The molecule has 5 rings (SSSR count). The molecule has 2 aromatic carbocycles. The lowest BCUT2D eigenvalue weighted by molar-refractivity contribution is -0.142. The SMILES string of the molecule is C=C(N)c1c(-c2cc3cccc(-c4ccccc4)c3[nH]2)nc(C2CCC(C(=O)O)CC2)n1/C=C\C. The van der Waals surface area contributed by atoms with E-state index in [9.17, 15) is 9.90 Å². The number of aromatic amines is 1. The Kier molecular flexibility index (Phi) is 6.03. The molecule has 1 aliphatic rings. The second kappa shape index (κ2) is 9.29. The van der Waals surface area contributed by atoms with Gasteiger partial charge in [0.15, 0.2) is 0 Å². The van der Waals surface area contributed by atoms with Gasteiger partial charge >= 0.3 is 5.97 Å². The van der Waals surface area contributed by atoms with Gasteiger partial charge in [-0.1, -0.05) is 61.2 Å². The number of fused-ring (bicyclic) bond motifs is 1. The largest absolute Gasteiger partial charge is 0.481 e. The topological polar surface area (TPSA) is 96.9 Å². The third kappa shape index (κ3) is 4.16. The quantitative estimate of drug-likeness (QED) is 0.303. The highest BCUT2D eigenvalue weighted by molar-refractivity contribution is 5.97. The zero-order valence-corrected chi connectivity index (χ0v) is 19.9. The van der Waals surface area contributed by atoms with Gasteiger partial charge in [0.25, 0.3) is 0 Å². The third-order valence-electron chi connectivity index (χ3n) is 6.98. The van der Waals surface area contributed by atoms with E-state index in [-0.39, 0.29) is 11.8 Å². The summed E-state index contributed by atoms with van der Waals surface area (Å²) in [5, 5.41) is 10.5. The molecular formula is C29H30N4O2. The van der Waals surface area contributed by atoms with Crippen molar-refractivity contribution in [3.8, 4) is 22.5 Å². The number of allylic oxidation sites excluding steroid dienone is 1. The number of aliphatic carboxylic acids is 1. The number of H-pyrrole nitrogens is 1. The summed E-state index contributed by atoms with van der Waals surface area (Å²) < 4.78 is 2.03. The number of carbonyl (C=O) groups is 1. The molecule has 4 N–H and O–H groups in total. The highest BCUT2D eigenvalue weighted by atomic mass is 16.4. The Morgan fingerprint density at radius 2 is 1.89 bits per heavy atom. The first kappa shape index (κ1) is 22.7. The Balaban J connectivity index is 1.63. The lowest BCUT2D eigenvalue weighted by Gasteiger charge is -2.25. The van der Waals surface area contributed by atoms with Gasteiger partial charge in [0, 0.05) is 23.1 Å². The normalized spacial score (nSPS) is 18.3. The van der Waals surface area contributed by atoms with Crippen LogP contribution in [0.2, 0.25) is 0 Å². The van der Waals surface area contributed by atoms with Gasteiger partial charge in [-0.15, -0.1) is 0 Å². The van der Waals surface area contributed by atoms with Crippen LogP contribution >= 0.6 is 0 Å². The van der Waals surface area contributed by atoms with Crippen molar-refractivity contribution in [3.05, 3.63) is 78.8 Å². The molecule has 4 aromatic rings. The number of para-hydroxylation sites is 1. The van der Waals surface area contributed by atoms with Gasteiger partial charge in [0.05, 0.1) is 28.5 Å². The molecule has 1 fully saturated rings. The second-order valence-electron chi connectivity index (χ2n) is 9.25. The summed E-state index contributed by atoms with van der Waals surface area (Å²) in [4.78, 5) is 20.2. The molecular weight excluding hydrogens is 436 g/mol. The maximum Gasteiger partial charge on any atom is 0.306 e. The predicted octanol–water partition coefficient (Wildman–Crippen LogP) is 6.48. The van der Waals surface area contributed by atoms with Gasteiger partial charge < -0.3 is 20.4 Å². The van der Waals surface area contributed by atoms with Crippen LogP contribution in [-0.2, 0) is 4.79 Å². The Bertz CT molecular complexity index is 1420. The minimum Gasteiger partial charge on any atom is -0.481 e. The van der Waals surface area contributed by atoms with Gasteiger partial charge in [-0.2, -0.15) is 0 Å². The Labute approximate surface area is 204 Å². The fraction of sp³-hybridized carbons (Fsp3) is 0.241. The molecule has 0 unspecified atom stereocenters. The standard InChI is InChI=1S/C29H30N4O2/c1-3-16-33-27(18(2)30)26(32-28(33)20-12-14-21(15-13-20)29(34)35)24-17-22-10-7-11-23(25(22)31-24)19-8-5-4-6-9-19/h3-11,16-17,20-21,31H,2,12-15,30H2,1H3,(H,34,35)/b16-3-. The molecule has 35 heavy (non-hydrogen) atoms. The van der Waals surface area contributed by atoms with Crippen LogP contribution in [0.4, 0.5) is 0 Å². The zero-order valence-electron chi connectivity index (χ0n) is 19.9. The van der Waals surface area contributed by atoms with E-state index in [4.69, 9.17) is 10.7 Å². The molecule has 0 saturated heterocycles. The summed E-state index contributed by atoms with van der Waals surface area (Å²) >= 11 is 0. The van der Waals surface area contributed by atoms with Gasteiger partial charge in [-0.05, 0) is 44.2 Å². The number of hydrogen-bond acceptors (Lipinski definition) is 3. The van der Waals surface area contributed by atoms with E-state index in [0.29, 0.717) is 18.5 Å². The molecule has 2 aromatic heterocycles. The van der Waals surface area contributed by atoms with Crippen LogP contribution in [0.15, 0.2) is 67.3 Å². The Morgan fingerprint density at radius 1 is 1.14 bits per heavy atom. The monoisotopic (exact) mass is 466 g/mol. The number of imidazole rings is 1. The first-order valence-electron chi connectivity index (χ1n) is 12.1.